The van der Waals surface area contributed by atoms with E-state index in [0.29, 0.717) is 35.5 Å². The van der Waals surface area contributed by atoms with Crippen molar-refractivity contribution in [2.75, 3.05) is 13.1 Å². The zero-order chi connectivity index (χ0) is 13.7. The molecule has 0 radical (unpaired) electrons. The summed E-state index contributed by atoms with van der Waals surface area (Å²) in [5.74, 6) is 0.0692. The molecule has 1 fully saturated rings. The van der Waals surface area contributed by atoms with E-state index in [2.05, 4.69) is 10.6 Å². The molecule has 2 N–H and O–H groups in total. The van der Waals surface area contributed by atoms with Gasteiger partial charge < -0.3 is 10.6 Å². The normalized spacial score (nSPS) is 18.5. The molecule has 0 saturated carbocycles. The Morgan fingerprint density at radius 3 is 2.95 bits per heavy atom. The van der Waals surface area contributed by atoms with Gasteiger partial charge >= 0.3 is 0 Å². The van der Waals surface area contributed by atoms with Gasteiger partial charge in [0.15, 0.2) is 0 Å². The van der Waals surface area contributed by atoms with Crippen molar-refractivity contribution >= 4 is 29.1 Å². The van der Waals surface area contributed by atoms with Crippen molar-refractivity contribution in [3.8, 4) is 0 Å². The highest BCUT2D eigenvalue weighted by atomic mass is 35.5. The van der Waals surface area contributed by atoms with E-state index in [9.17, 15) is 4.79 Å². The topological polar surface area (TPSA) is 41.1 Å². The quantitative estimate of drug-likeness (QED) is 0.878. The van der Waals surface area contributed by atoms with E-state index in [1.807, 2.05) is 6.07 Å². The Hall–Kier alpha value is -0.770. The van der Waals surface area contributed by atoms with Gasteiger partial charge in [-0.15, -0.1) is 0 Å². The maximum absolute atomic E-state index is 11.7. The second-order valence-electron chi connectivity index (χ2n) is 4.83. The van der Waals surface area contributed by atoms with Crippen LogP contribution in [0.5, 0.6) is 0 Å². The van der Waals surface area contributed by atoms with E-state index in [-0.39, 0.29) is 5.91 Å². The van der Waals surface area contributed by atoms with Crippen LogP contribution >= 0.6 is 23.2 Å². The predicted molar refractivity (Wildman–Crippen MR) is 78.8 cm³/mol. The van der Waals surface area contributed by atoms with Gasteiger partial charge in [0.25, 0.3) is 0 Å². The molecule has 0 aromatic heterocycles. The molecule has 0 spiro atoms. The molecule has 1 aromatic carbocycles. The molecular weight excluding hydrogens is 283 g/mol. The van der Waals surface area contributed by atoms with Crippen LogP contribution in [0.2, 0.25) is 10.0 Å². The fourth-order valence-electron chi connectivity index (χ4n) is 2.23. The SMILES string of the molecule is O=C(CCc1ccc(Cl)cc1Cl)NCC1CCCN1. The smallest absolute Gasteiger partial charge is 0.220 e. The molecule has 1 heterocycles. The van der Waals surface area contributed by atoms with E-state index in [0.717, 1.165) is 18.5 Å². The Labute approximate surface area is 123 Å². The highest BCUT2D eigenvalue weighted by molar-refractivity contribution is 6.35. The van der Waals surface area contributed by atoms with Gasteiger partial charge in [-0.1, -0.05) is 29.3 Å². The number of hydrogen-bond donors (Lipinski definition) is 2. The van der Waals surface area contributed by atoms with E-state index in [4.69, 9.17) is 23.2 Å². The minimum Gasteiger partial charge on any atom is -0.355 e. The second-order valence-corrected chi connectivity index (χ2v) is 5.68. The van der Waals surface area contributed by atoms with Gasteiger partial charge in [0, 0.05) is 29.1 Å². The number of carbonyl (C=O) groups excluding carboxylic acids is 1. The maximum Gasteiger partial charge on any atom is 0.220 e. The summed E-state index contributed by atoms with van der Waals surface area (Å²) in [7, 11) is 0. The largest absolute Gasteiger partial charge is 0.355 e. The first-order chi connectivity index (χ1) is 9.15. The average molecular weight is 301 g/mol. The number of hydrogen-bond acceptors (Lipinski definition) is 2. The first kappa shape index (κ1) is 14.6. The van der Waals surface area contributed by atoms with Crippen LogP contribution in [0.25, 0.3) is 0 Å². The molecule has 19 heavy (non-hydrogen) atoms. The Bertz CT molecular complexity index is 445. The fraction of sp³-hybridized carbons (Fsp3) is 0.500. The number of nitrogens with one attached hydrogen (secondary N) is 2. The zero-order valence-corrected chi connectivity index (χ0v) is 12.2. The summed E-state index contributed by atoms with van der Waals surface area (Å²) in [6.07, 6.45) is 3.43. The van der Waals surface area contributed by atoms with Crippen LogP contribution in [0.3, 0.4) is 0 Å². The minimum atomic E-state index is 0.0692. The van der Waals surface area contributed by atoms with E-state index >= 15 is 0 Å². The molecule has 1 aromatic rings. The molecule has 104 valence electrons. The van der Waals surface area contributed by atoms with Crippen molar-refractivity contribution in [2.24, 2.45) is 0 Å². The van der Waals surface area contributed by atoms with Gasteiger partial charge in [0.1, 0.15) is 0 Å². The lowest BCUT2D eigenvalue weighted by molar-refractivity contribution is -0.121. The third-order valence-electron chi connectivity index (χ3n) is 3.34. The molecule has 1 aliphatic heterocycles. The van der Waals surface area contributed by atoms with Crippen LogP contribution in [0.15, 0.2) is 18.2 Å². The molecule has 2 rings (SSSR count). The number of amides is 1. The van der Waals surface area contributed by atoms with E-state index in [1.165, 1.54) is 6.42 Å². The number of halogens is 2. The first-order valence-electron chi connectivity index (χ1n) is 6.59. The monoisotopic (exact) mass is 300 g/mol. The van der Waals surface area contributed by atoms with Crippen molar-refractivity contribution in [1.29, 1.82) is 0 Å². The summed E-state index contributed by atoms with van der Waals surface area (Å²) >= 11 is 11.9. The summed E-state index contributed by atoms with van der Waals surface area (Å²) in [6.45, 7) is 1.77. The minimum absolute atomic E-state index is 0.0692. The Balaban J connectivity index is 1.73. The standard InChI is InChI=1S/C14H18Cl2N2O/c15-11-5-3-10(13(16)8-11)4-6-14(19)18-9-12-2-1-7-17-12/h3,5,8,12,17H,1-2,4,6-7,9H2,(H,18,19). The molecule has 1 unspecified atom stereocenters. The lowest BCUT2D eigenvalue weighted by atomic mass is 10.1. The second kappa shape index (κ2) is 7.13. The highest BCUT2D eigenvalue weighted by Crippen LogP contribution is 2.21. The Morgan fingerprint density at radius 2 is 2.26 bits per heavy atom. The molecule has 1 amide bonds. The Kier molecular flexibility index (Phi) is 5.49. The molecule has 1 atom stereocenters. The van der Waals surface area contributed by atoms with Gasteiger partial charge in [0.2, 0.25) is 5.91 Å². The molecule has 0 bridgehead atoms. The summed E-state index contributed by atoms with van der Waals surface area (Å²) in [6, 6.07) is 5.81. The number of aryl methyl sites for hydroxylation is 1. The van der Waals surface area contributed by atoms with E-state index < -0.39 is 0 Å². The molecule has 3 nitrogen and oxygen atoms in total. The highest BCUT2D eigenvalue weighted by Gasteiger charge is 2.14. The van der Waals surface area contributed by atoms with Crippen molar-refractivity contribution < 1.29 is 4.79 Å². The third kappa shape index (κ3) is 4.68. The summed E-state index contributed by atoms with van der Waals surface area (Å²) in [4.78, 5) is 11.7. The van der Waals surface area contributed by atoms with Crippen molar-refractivity contribution in [1.82, 2.24) is 10.6 Å². The summed E-state index contributed by atoms with van der Waals surface area (Å²) in [5.41, 5.74) is 0.959. The average Bonchev–Trinajstić information content (AvgIpc) is 2.88. The van der Waals surface area contributed by atoms with Crippen LogP contribution in [0, 0.1) is 0 Å². The van der Waals surface area contributed by atoms with Gasteiger partial charge in [-0.25, -0.2) is 0 Å². The summed E-state index contributed by atoms with van der Waals surface area (Å²) in [5, 5.41) is 7.54. The van der Waals surface area contributed by atoms with Crippen LogP contribution < -0.4 is 10.6 Å². The van der Waals surface area contributed by atoms with Gasteiger partial charge in [0.05, 0.1) is 0 Å². The summed E-state index contributed by atoms with van der Waals surface area (Å²) < 4.78 is 0. The maximum atomic E-state index is 11.7. The molecule has 1 saturated heterocycles. The van der Waals surface area contributed by atoms with Crippen molar-refractivity contribution in [3.05, 3.63) is 33.8 Å². The number of carbonyl (C=O) groups is 1. The van der Waals surface area contributed by atoms with Crippen LogP contribution in [-0.2, 0) is 11.2 Å². The van der Waals surface area contributed by atoms with Gasteiger partial charge in [-0.2, -0.15) is 0 Å². The molecule has 5 heteroatoms. The number of benzene rings is 1. The third-order valence-corrected chi connectivity index (χ3v) is 3.93. The van der Waals surface area contributed by atoms with Crippen molar-refractivity contribution in [2.45, 2.75) is 31.7 Å². The van der Waals surface area contributed by atoms with Crippen LogP contribution in [-0.4, -0.2) is 25.0 Å². The first-order valence-corrected chi connectivity index (χ1v) is 7.35. The van der Waals surface area contributed by atoms with Crippen LogP contribution in [0.1, 0.15) is 24.8 Å². The van der Waals surface area contributed by atoms with Gasteiger partial charge in [-0.05, 0) is 43.5 Å². The lowest BCUT2D eigenvalue weighted by Crippen LogP contribution is -2.37. The Morgan fingerprint density at radius 1 is 1.42 bits per heavy atom. The molecule has 1 aliphatic rings. The van der Waals surface area contributed by atoms with Crippen molar-refractivity contribution in [3.63, 3.8) is 0 Å². The molecular formula is C14H18Cl2N2O. The molecule has 0 aliphatic carbocycles. The zero-order valence-electron chi connectivity index (χ0n) is 10.7. The van der Waals surface area contributed by atoms with Crippen LogP contribution in [0.4, 0.5) is 0 Å². The lowest BCUT2D eigenvalue weighted by Gasteiger charge is -2.11. The fourth-order valence-corrected chi connectivity index (χ4v) is 2.73. The van der Waals surface area contributed by atoms with E-state index in [1.54, 1.807) is 12.1 Å². The predicted octanol–water partition coefficient (Wildman–Crippen LogP) is 2.79. The van der Waals surface area contributed by atoms with Gasteiger partial charge in [-0.3, -0.25) is 4.79 Å². The number of rotatable bonds is 5.